The molecular formula is C29H30ClN3O2. The topological polar surface area (TPSA) is 65.4 Å². The summed E-state index contributed by atoms with van der Waals surface area (Å²) in [5.74, 6) is 7.95. The molecule has 0 radical (unpaired) electrons. The first-order valence-electron chi connectivity index (χ1n) is 12.1. The first-order valence-corrected chi connectivity index (χ1v) is 12.5. The van der Waals surface area contributed by atoms with E-state index in [1.54, 1.807) is 18.2 Å². The first kappa shape index (κ1) is 23.7. The highest BCUT2D eigenvalue weighted by atomic mass is 35.5. The zero-order valence-corrected chi connectivity index (χ0v) is 21.4. The van der Waals surface area contributed by atoms with Crippen LogP contribution in [0.3, 0.4) is 0 Å². The Bertz CT molecular complexity index is 1280. The van der Waals surface area contributed by atoms with Crippen molar-refractivity contribution in [3.8, 4) is 23.7 Å². The van der Waals surface area contributed by atoms with Crippen LogP contribution < -0.4 is 10.1 Å². The molecule has 35 heavy (non-hydrogen) atoms. The van der Waals surface area contributed by atoms with Crippen LogP contribution in [0.15, 0.2) is 36.4 Å². The van der Waals surface area contributed by atoms with Crippen molar-refractivity contribution >= 4 is 17.5 Å². The Morgan fingerprint density at radius 1 is 1.14 bits per heavy atom. The van der Waals surface area contributed by atoms with Gasteiger partial charge in [-0.15, -0.1) is 0 Å². The lowest BCUT2D eigenvalue weighted by atomic mass is 9.49. The molecule has 1 aliphatic carbocycles. The largest absolute Gasteiger partial charge is 0.489 e. The van der Waals surface area contributed by atoms with Crippen LogP contribution in [0, 0.1) is 39.9 Å². The van der Waals surface area contributed by atoms with E-state index in [4.69, 9.17) is 21.6 Å². The second-order valence-corrected chi connectivity index (χ2v) is 11.5. The van der Waals surface area contributed by atoms with Gasteiger partial charge in [-0.25, -0.2) is 0 Å². The fraction of sp³-hybridized carbons (Fsp3) is 0.448. The van der Waals surface area contributed by atoms with E-state index in [-0.39, 0.29) is 28.9 Å². The average Bonchev–Trinajstić information content (AvgIpc) is 3.08. The van der Waals surface area contributed by atoms with Gasteiger partial charge < -0.3 is 15.0 Å². The molecule has 2 aromatic carbocycles. The van der Waals surface area contributed by atoms with Gasteiger partial charge in [0, 0.05) is 60.1 Å². The highest BCUT2D eigenvalue weighted by Gasteiger charge is 2.66. The molecule has 0 atom stereocenters. The van der Waals surface area contributed by atoms with Crippen LogP contribution >= 0.6 is 11.6 Å². The number of halogens is 1. The molecule has 2 fully saturated rings. The van der Waals surface area contributed by atoms with Crippen molar-refractivity contribution in [2.24, 2.45) is 16.7 Å². The Labute approximate surface area is 212 Å². The minimum atomic E-state index is -0.277. The van der Waals surface area contributed by atoms with E-state index < -0.39 is 0 Å². The number of fused-ring (bicyclic) bond motifs is 1. The van der Waals surface area contributed by atoms with Crippen molar-refractivity contribution in [3.05, 3.63) is 63.7 Å². The summed E-state index contributed by atoms with van der Waals surface area (Å²) in [7, 11) is 0. The monoisotopic (exact) mass is 487 g/mol. The van der Waals surface area contributed by atoms with Crippen molar-refractivity contribution in [2.75, 3.05) is 13.1 Å². The molecule has 5 rings (SSSR count). The molecule has 0 aromatic heterocycles. The van der Waals surface area contributed by atoms with Crippen LogP contribution in [-0.2, 0) is 6.54 Å². The van der Waals surface area contributed by atoms with Crippen LogP contribution in [-0.4, -0.2) is 36.0 Å². The van der Waals surface area contributed by atoms with E-state index >= 15 is 0 Å². The molecular weight excluding hydrogens is 458 g/mol. The Balaban J connectivity index is 1.33. The van der Waals surface area contributed by atoms with Gasteiger partial charge in [0.1, 0.15) is 17.9 Å². The zero-order chi connectivity index (χ0) is 25.0. The summed E-state index contributed by atoms with van der Waals surface area (Å²) in [4.78, 5) is 15.4. The maximum Gasteiger partial charge on any atom is 0.254 e. The fourth-order valence-electron chi connectivity index (χ4n) is 6.43. The van der Waals surface area contributed by atoms with Crippen molar-refractivity contribution < 1.29 is 9.53 Å². The average molecular weight is 488 g/mol. The number of carbonyl (C=O) groups excluding carboxylic acids is 1. The quantitative estimate of drug-likeness (QED) is 0.615. The van der Waals surface area contributed by atoms with Crippen LogP contribution in [0.4, 0.5) is 0 Å². The number of ether oxygens (including phenoxy) is 1. The van der Waals surface area contributed by atoms with Crippen LogP contribution in [0.1, 0.15) is 61.2 Å². The Morgan fingerprint density at radius 2 is 1.89 bits per heavy atom. The van der Waals surface area contributed by atoms with Gasteiger partial charge in [0.05, 0.1) is 10.6 Å². The molecule has 1 N–H and O–H groups in total. The third-order valence-electron chi connectivity index (χ3n) is 7.81. The molecule has 0 unspecified atom stereocenters. The second kappa shape index (κ2) is 8.59. The molecule has 1 amide bonds. The summed E-state index contributed by atoms with van der Waals surface area (Å²) in [6.45, 7) is 11.3. The lowest BCUT2D eigenvalue weighted by Crippen LogP contribution is -2.74. The number of benzene rings is 2. The van der Waals surface area contributed by atoms with Gasteiger partial charge >= 0.3 is 0 Å². The third kappa shape index (κ3) is 3.98. The molecule has 5 nitrogen and oxygen atoms in total. The van der Waals surface area contributed by atoms with E-state index in [1.165, 1.54) is 0 Å². The first-order chi connectivity index (χ1) is 16.6. The molecule has 180 valence electrons. The fourth-order valence-corrected chi connectivity index (χ4v) is 6.64. The van der Waals surface area contributed by atoms with Crippen LogP contribution in [0.25, 0.3) is 0 Å². The second-order valence-electron chi connectivity index (χ2n) is 11.1. The normalized spacial score (nSPS) is 23.9. The summed E-state index contributed by atoms with van der Waals surface area (Å²) in [6.07, 6.45) is 0.786. The van der Waals surface area contributed by atoms with Gasteiger partial charge in [0.15, 0.2) is 0 Å². The van der Waals surface area contributed by atoms with Gasteiger partial charge in [-0.05, 0) is 41.8 Å². The summed E-state index contributed by atoms with van der Waals surface area (Å²) in [6, 6.07) is 13.2. The van der Waals surface area contributed by atoms with Crippen LogP contribution in [0.2, 0.25) is 5.02 Å². The van der Waals surface area contributed by atoms with Gasteiger partial charge in [0.2, 0.25) is 0 Å². The Kier molecular flexibility index (Phi) is 5.83. The molecule has 2 aliphatic heterocycles. The highest BCUT2D eigenvalue weighted by Crippen LogP contribution is 2.59. The summed E-state index contributed by atoms with van der Waals surface area (Å²) in [5, 5.41) is 12.8. The minimum absolute atomic E-state index is 0.00871. The Hall–Kier alpha value is -2.99. The van der Waals surface area contributed by atoms with E-state index in [0.717, 1.165) is 36.2 Å². The number of hydrogen-bond donors (Lipinski definition) is 1. The lowest BCUT2D eigenvalue weighted by Gasteiger charge is -2.65. The van der Waals surface area contributed by atoms with E-state index in [2.05, 4.69) is 57.0 Å². The van der Waals surface area contributed by atoms with Gasteiger partial charge in [0.25, 0.3) is 5.91 Å². The third-order valence-corrected chi connectivity index (χ3v) is 8.13. The number of nitriles is 1. The number of hydrogen-bond acceptors (Lipinski definition) is 4. The summed E-state index contributed by atoms with van der Waals surface area (Å²) >= 11 is 6.22. The Morgan fingerprint density at radius 3 is 2.51 bits per heavy atom. The minimum Gasteiger partial charge on any atom is -0.489 e. The molecule has 1 saturated carbocycles. The smallest absolute Gasteiger partial charge is 0.254 e. The molecule has 0 spiro atoms. The van der Waals surface area contributed by atoms with Crippen molar-refractivity contribution in [1.29, 1.82) is 5.26 Å². The lowest BCUT2D eigenvalue weighted by molar-refractivity contribution is -0.199. The molecule has 3 aliphatic rings. The zero-order valence-electron chi connectivity index (χ0n) is 20.6. The molecule has 6 heteroatoms. The highest BCUT2D eigenvalue weighted by molar-refractivity contribution is 6.31. The summed E-state index contributed by atoms with van der Waals surface area (Å²) in [5.41, 5.74) is 2.66. The van der Waals surface area contributed by atoms with Gasteiger partial charge in [-0.1, -0.05) is 51.1 Å². The molecule has 1 saturated heterocycles. The predicted octanol–water partition coefficient (Wildman–Crippen LogP) is 5.01. The molecule has 0 bridgehead atoms. The maximum atomic E-state index is 13.4. The van der Waals surface area contributed by atoms with E-state index in [9.17, 15) is 4.79 Å². The van der Waals surface area contributed by atoms with Crippen molar-refractivity contribution in [3.63, 3.8) is 0 Å². The number of amides is 1. The van der Waals surface area contributed by atoms with Crippen LogP contribution in [0.5, 0.6) is 5.75 Å². The van der Waals surface area contributed by atoms with Crippen molar-refractivity contribution in [2.45, 2.75) is 52.8 Å². The maximum absolute atomic E-state index is 13.4. The molecule has 2 aromatic rings. The SMILES string of the molecule is CC1(C)[C@H](Oc2ccc(C#N)c(Cl)c2)C(C)(C)[C@H]1N1Cc2cc(C#CCC3CNC3)ccc2C1=O. The predicted molar refractivity (Wildman–Crippen MR) is 136 cm³/mol. The standard InChI is InChI=1S/C29H30ClN3O2/c1-28(2)26(29(3,4)27(28)35-22-10-9-20(14-31)24(30)13-22)33-17-21-12-18(8-11-23(21)25(33)34)6-5-7-19-15-32-16-19/h8-13,19,26-27,32H,7,15-17H2,1-4H3/t26-,27-. The number of nitrogens with zero attached hydrogens (tertiary/aromatic N) is 2. The number of rotatable bonds is 4. The van der Waals surface area contributed by atoms with E-state index in [0.29, 0.717) is 28.8 Å². The van der Waals surface area contributed by atoms with Gasteiger partial charge in [-0.2, -0.15) is 5.26 Å². The number of carbonyl (C=O) groups is 1. The van der Waals surface area contributed by atoms with E-state index in [1.807, 2.05) is 17.0 Å². The molecule has 2 heterocycles. The summed E-state index contributed by atoms with van der Waals surface area (Å²) < 4.78 is 6.41. The van der Waals surface area contributed by atoms with Gasteiger partial charge in [-0.3, -0.25) is 4.79 Å². The van der Waals surface area contributed by atoms with Crippen molar-refractivity contribution in [1.82, 2.24) is 10.2 Å². The number of nitrogens with one attached hydrogen (secondary N) is 1.